The molecule has 2 aliphatic heterocycles. The maximum Gasteiger partial charge on any atom is 0.321 e. The van der Waals surface area contributed by atoms with Gasteiger partial charge in [0, 0.05) is 25.8 Å². The molecule has 0 bridgehead atoms. The van der Waals surface area contributed by atoms with E-state index in [-0.39, 0.29) is 29.7 Å². The third-order valence-corrected chi connectivity index (χ3v) is 3.93. The fraction of sp³-hybridized carbons (Fsp3) is 0.357. The summed E-state index contributed by atoms with van der Waals surface area (Å²) in [5.41, 5.74) is 0.698. The highest BCUT2D eigenvalue weighted by Crippen LogP contribution is 2.32. The number of para-hydroxylation sites is 1. The average molecular weight is 273 g/mol. The van der Waals surface area contributed by atoms with Gasteiger partial charge in [0.15, 0.2) is 0 Å². The Hall–Kier alpha value is -2.37. The Morgan fingerprint density at radius 2 is 1.65 bits per heavy atom. The van der Waals surface area contributed by atoms with Gasteiger partial charge >= 0.3 is 6.03 Å². The number of fused-ring (bicyclic) bond motifs is 1. The number of nitrogens with zero attached hydrogens (tertiary/aromatic N) is 2. The second-order valence-corrected chi connectivity index (χ2v) is 5.15. The van der Waals surface area contributed by atoms with Crippen LogP contribution in [0.4, 0.5) is 10.5 Å². The van der Waals surface area contributed by atoms with Crippen LogP contribution in [0.1, 0.15) is 0 Å². The number of carbonyl (C=O) groups is 3. The second kappa shape index (κ2) is 4.63. The van der Waals surface area contributed by atoms with Crippen LogP contribution in [0.25, 0.3) is 0 Å². The predicted octanol–water partition coefficient (Wildman–Crippen LogP) is 0.765. The number of rotatable bonds is 1. The summed E-state index contributed by atoms with van der Waals surface area (Å²) in [4.78, 5) is 38.6. The van der Waals surface area contributed by atoms with E-state index in [0.29, 0.717) is 18.8 Å². The van der Waals surface area contributed by atoms with Gasteiger partial charge in [-0.15, -0.1) is 0 Å². The molecule has 20 heavy (non-hydrogen) atoms. The molecular weight excluding hydrogens is 258 g/mol. The molecule has 0 aromatic heterocycles. The van der Waals surface area contributed by atoms with Gasteiger partial charge < -0.3 is 10.2 Å². The Morgan fingerprint density at radius 1 is 1.10 bits per heavy atom. The van der Waals surface area contributed by atoms with Crippen molar-refractivity contribution in [1.29, 1.82) is 0 Å². The average Bonchev–Trinajstić information content (AvgIpc) is 2.97. The second-order valence-electron chi connectivity index (χ2n) is 5.15. The summed E-state index contributed by atoms with van der Waals surface area (Å²) in [6.45, 7) is 0.608. The molecule has 3 rings (SSSR count). The number of carbonyl (C=O) groups excluding carboxylic acids is 3. The summed E-state index contributed by atoms with van der Waals surface area (Å²) in [5, 5.41) is 2.76. The Kier molecular flexibility index (Phi) is 2.93. The summed E-state index contributed by atoms with van der Waals surface area (Å²) in [7, 11) is 1.50. The number of hydrogen-bond acceptors (Lipinski definition) is 3. The molecule has 2 atom stereocenters. The van der Waals surface area contributed by atoms with Crippen molar-refractivity contribution in [2.75, 3.05) is 25.5 Å². The molecule has 2 aliphatic rings. The van der Waals surface area contributed by atoms with Crippen LogP contribution in [0.15, 0.2) is 30.3 Å². The highest BCUT2D eigenvalue weighted by molar-refractivity contribution is 6.06. The van der Waals surface area contributed by atoms with Crippen molar-refractivity contribution < 1.29 is 14.4 Å². The number of anilines is 1. The van der Waals surface area contributed by atoms with Gasteiger partial charge in [-0.05, 0) is 12.1 Å². The monoisotopic (exact) mass is 273 g/mol. The van der Waals surface area contributed by atoms with Gasteiger partial charge in [0.1, 0.15) is 0 Å². The third-order valence-electron chi connectivity index (χ3n) is 3.93. The molecule has 0 spiro atoms. The maximum absolute atomic E-state index is 12.1. The van der Waals surface area contributed by atoms with E-state index in [1.807, 2.05) is 18.2 Å². The first-order valence-electron chi connectivity index (χ1n) is 6.50. The lowest BCUT2D eigenvalue weighted by atomic mass is 10.00. The molecule has 6 heteroatoms. The summed E-state index contributed by atoms with van der Waals surface area (Å²) >= 11 is 0. The van der Waals surface area contributed by atoms with E-state index >= 15 is 0 Å². The first-order chi connectivity index (χ1) is 9.58. The lowest BCUT2D eigenvalue weighted by molar-refractivity contribution is -0.138. The molecule has 1 aromatic rings. The van der Waals surface area contributed by atoms with Crippen LogP contribution in [0, 0.1) is 11.8 Å². The topological polar surface area (TPSA) is 69.7 Å². The molecule has 0 unspecified atom stereocenters. The van der Waals surface area contributed by atoms with E-state index in [4.69, 9.17) is 0 Å². The van der Waals surface area contributed by atoms with Crippen LogP contribution in [0.3, 0.4) is 0 Å². The van der Waals surface area contributed by atoms with Crippen molar-refractivity contribution in [2.24, 2.45) is 11.8 Å². The first kappa shape index (κ1) is 12.7. The van der Waals surface area contributed by atoms with Gasteiger partial charge in [-0.1, -0.05) is 18.2 Å². The van der Waals surface area contributed by atoms with Crippen molar-refractivity contribution >= 4 is 23.5 Å². The van der Waals surface area contributed by atoms with E-state index in [1.54, 1.807) is 12.1 Å². The Balaban J connectivity index is 1.68. The van der Waals surface area contributed by atoms with Crippen LogP contribution in [0.2, 0.25) is 0 Å². The van der Waals surface area contributed by atoms with Crippen LogP contribution in [0.5, 0.6) is 0 Å². The zero-order valence-corrected chi connectivity index (χ0v) is 11.1. The summed E-state index contributed by atoms with van der Waals surface area (Å²) < 4.78 is 0. The molecule has 2 fully saturated rings. The van der Waals surface area contributed by atoms with E-state index in [1.165, 1.54) is 16.8 Å². The fourth-order valence-electron chi connectivity index (χ4n) is 2.80. The molecule has 0 radical (unpaired) electrons. The van der Waals surface area contributed by atoms with Crippen LogP contribution in [-0.4, -0.2) is 47.8 Å². The molecular formula is C14H15N3O3. The number of hydrogen-bond donors (Lipinski definition) is 1. The Morgan fingerprint density at radius 3 is 2.20 bits per heavy atom. The van der Waals surface area contributed by atoms with Gasteiger partial charge in [-0.25, -0.2) is 4.79 Å². The van der Waals surface area contributed by atoms with Gasteiger partial charge in [0.2, 0.25) is 11.8 Å². The Bertz CT molecular complexity index is 548. The highest BCUT2D eigenvalue weighted by Gasteiger charge is 2.51. The zero-order valence-electron chi connectivity index (χ0n) is 11.1. The van der Waals surface area contributed by atoms with Crippen LogP contribution < -0.4 is 5.32 Å². The third kappa shape index (κ3) is 1.93. The summed E-state index contributed by atoms with van der Waals surface area (Å²) in [5.74, 6) is -1.13. The number of nitrogens with one attached hydrogen (secondary N) is 1. The highest BCUT2D eigenvalue weighted by atomic mass is 16.2. The molecule has 1 aromatic carbocycles. The van der Waals surface area contributed by atoms with Crippen LogP contribution in [-0.2, 0) is 9.59 Å². The molecule has 0 aliphatic carbocycles. The molecule has 0 saturated carbocycles. The number of urea groups is 1. The standard InChI is InChI=1S/C14H15N3O3/c1-16-12(18)10-7-17(8-11(10)13(16)19)14(20)15-9-5-3-2-4-6-9/h2-6,10-11H,7-8H2,1H3,(H,15,20)/t10-,11+. The molecule has 6 nitrogen and oxygen atoms in total. The van der Waals surface area contributed by atoms with Crippen molar-refractivity contribution in [3.63, 3.8) is 0 Å². The molecule has 2 heterocycles. The van der Waals surface area contributed by atoms with Crippen LogP contribution >= 0.6 is 0 Å². The number of imide groups is 1. The maximum atomic E-state index is 12.1. The van der Waals surface area contributed by atoms with Gasteiger partial charge in [-0.2, -0.15) is 0 Å². The van der Waals surface area contributed by atoms with E-state index < -0.39 is 0 Å². The predicted molar refractivity (Wildman–Crippen MR) is 71.8 cm³/mol. The lowest BCUT2D eigenvalue weighted by Crippen LogP contribution is -2.38. The minimum absolute atomic E-state index is 0.185. The van der Waals surface area contributed by atoms with Crippen molar-refractivity contribution in [1.82, 2.24) is 9.80 Å². The van der Waals surface area contributed by atoms with E-state index in [0.717, 1.165) is 0 Å². The SMILES string of the molecule is CN1C(=O)[C@H]2CN(C(=O)Nc3ccccc3)C[C@H]2C1=O. The molecule has 104 valence electrons. The lowest BCUT2D eigenvalue weighted by Gasteiger charge is -2.19. The minimum Gasteiger partial charge on any atom is -0.323 e. The Labute approximate surface area is 116 Å². The summed E-state index contributed by atoms with van der Waals surface area (Å²) in [6.07, 6.45) is 0. The fourth-order valence-corrected chi connectivity index (χ4v) is 2.80. The normalized spacial score (nSPS) is 25.1. The number of benzene rings is 1. The van der Waals surface area contributed by atoms with Crippen molar-refractivity contribution in [2.45, 2.75) is 0 Å². The molecule has 4 amide bonds. The van der Waals surface area contributed by atoms with E-state index in [2.05, 4.69) is 5.32 Å². The van der Waals surface area contributed by atoms with Gasteiger partial charge in [0.05, 0.1) is 11.8 Å². The van der Waals surface area contributed by atoms with Gasteiger partial charge in [-0.3, -0.25) is 14.5 Å². The molecule has 2 saturated heterocycles. The first-order valence-corrected chi connectivity index (χ1v) is 6.50. The van der Waals surface area contributed by atoms with Gasteiger partial charge in [0.25, 0.3) is 0 Å². The quantitative estimate of drug-likeness (QED) is 0.768. The zero-order chi connectivity index (χ0) is 14.3. The molecule has 1 N–H and O–H groups in total. The largest absolute Gasteiger partial charge is 0.323 e. The van der Waals surface area contributed by atoms with E-state index in [9.17, 15) is 14.4 Å². The number of likely N-dealkylation sites (tertiary alicyclic amines) is 2. The minimum atomic E-state index is -0.381. The number of amides is 4. The van der Waals surface area contributed by atoms with Crippen molar-refractivity contribution in [3.8, 4) is 0 Å². The summed E-state index contributed by atoms with van der Waals surface area (Å²) in [6, 6.07) is 8.84. The smallest absolute Gasteiger partial charge is 0.321 e. The van der Waals surface area contributed by atoms with Crippen molar-refractivity contribution in [3.05, 3.63) is 30.3 Å².